The van der Waals surface area contributed by atoms with Crippen molar-refractivity contribution in [1.82, 2.24) is 14.7 Å². The number of benzene rings is 1. The lowest BCUT2D eigenvalue weighted by atomic mass is 9.96. The van der Waals surface area contributed by atoms with Crippen molar-refractivity contribution in [1.29, 1.82) is 0 Å². The van der Waals surface area contributed by atoms with Gasteiger partial charge in [0.15, 0.2) is 0 Å². The lowest BCUT2D eigenvalue weighted by Crippen LogP contribution is -2.36. The molecule has 0 bridgehead atoms. The van der Waals surface area contributed by atoms with E-state index < -0.39 is 0 Å². The highest BCUT2D eigenvalue weighted by Crippen LogP contribution is 2.20. The highest BCUT2D eigenvalue weighted by molar-refractivity contribution is 5.14. The zero-order chi connectivity index (χ0) is 15.4. The second kappa shape index (κ2) is 6.88. The van der Waals surface area contributed by atoms with Crippen molar-refractivity contribution < 1.29 is 0 Å². The maximum atomic E-state index is 11.8. The number of hydrogen-bond donors (Lipinski definition) is 0. The van der Waals surface area contributed by atoms with E-state index in [9.17, 15) is 4.79 Å². The van der Waals surface area contributed by atoms with Crippen molar-refractivity contribution in [2.75, 3.05) is 13.1 Å². The summed E-state index contributed by atoms with van der Waals surface area (Å²) in [5, 5.41) is 4.34. The fraction of sp³-hybridized carbons (Fsp3) is 0.444. The van der Waals surface area contributed by atoms with E-state index in [0.717, 1.165) is 44.7 Å². The van der Waals surface area contributed by atoms with Gasteiger partial charge in [0.25, 0.3) is 5.56 Å². The minimum atomic E-state index is 0.0114. The normalized spacial score (nSPS) is 16.8. The number of aryl methyl sites for hydroxylation is 1. The second-order valence-corrected chi connectivity index (χ2v) is 6.20. The van der Waals surface area contributed by atoms with Gasteiger partial charge in [-0.3, -0.25) is 9.69 Å². The predicted molar refractivity (Wildman–Crippen MR) is 87.7 cm³/mol. The molecule has 1 aromatic heterocycles. The van der Waals surface area contributed by atoms with Crippen molar-refractivity contribution in [3.05, 3.63) is 64.1 Å². The van der Waals surface area contributed by atoms with Gasteiger partial charge in [-0.15, -0.1) is 0 Å². The maximum Gasteiger partial charge on any atom is 0.266 e. The molecule has 1 fully saturated rings. The highest BCUT2D eigenvalue weighted by atomic mass is 16.1. The molecule has 0 amide bonds. The molecule has 1 saturated heterocycles. The summed E-state index contributed by atoms with van der Waals surface area (Å²) in [6, 6.07) is 14.0. The van der Waals surface area contributed by atoms with E-state index in [0.29, 0.717) is 5.92 Å². The molecule has 0 atom stereocenters. The minimum Gasteiger partial charge on any atom is -0.299 e. The van der Waals surface area contributed by atoms with Gasteiger partial charge in [-0.2, -0.15) is 5.10 Å². The molecule has 116 valence electrons. The summed E-state index contributed by atoms with van der Waals surface area (Å²) < 4.78 is 1.63. The lowest BCUT2D eigenvalue weighted by Gasteiger charge is -2.32. The maximum absolute atomic E-state index is 11.8. The Bertz CT molecular complexity index is 658. The van der Waals surface area contributed by atoms with Gasteiger partial charge in [0.2, 0.25) is 0 Å². The lowest BCUT2D eigenvalue weighted by molar-refractivity contribution is 0.163. The van der Waals surface area contributed by atoms with Gasteiger partial charge in [-0.1, -0.05) is 30.3 Å². The molecule has 0 unspecified atom stereocenters. The van der Waals surface area contributed by atoms with Crippen molar-refractivity contribution in [3.8, 4) is 0 Å². The van der Waals surface area contributed by atoms with Crippen LogP contribution in [0.2, 0.25) is 0 Å². The van der Waals surface area contributed by atoms with E-state index in [1.807, 2.05) is 6.92 Å². The number of nitrogens with zero attached hydrogens (tertiary/aromatic N) is 3. The van der Waals surface area contributed by atoms with Gasteiger partial charge < -0.3 is 0 Å². The van der Waals surface area contributed by atoms with Gasteiger partial charge >= 0.3 is 0 Å². The van der Waals surface area contributed by atoms with Gasteiger partial charge in [-0.05, 0) is 50.4 Å². The third-order valence-electron chi connectivity index (χ3n) is 4.39. The Balaban J connectivity index is 1.53. The molecule has 0 radical (unpaired) electrons. The quantitative estimate of drug-likeness (QED) is 0.870. The van der Waals surface area contributed by atoms with Crippen LogP contribution in [0.4, 0.5) is 0 Å². The molecule has 1 aromatic carbocycles. The Hall–Kier alpha value is -1.94. The van der Waals surface area contributed by atoms with Crippen molar-refractivity contribution in [2.24, 2.45) is 5.92 Å². The van der Waals surface area contributed by atoms with Gasteiger partial charge in [0.1, 0.15) is 0 Å². The molecule has 4 heteroatoms. The Morgan fingerprint density at radius 2 is 1.82 bits per heavy atom. The molecule has 3 rings (SSSR count). The topological polar surface area (TPSA) is 38.1 Å². The van der Waals surface area contributed by atoms with Crippen LogP contribution in [0.5, 0.6) is 0 Å². The van der Waals surface area contributed by atoms with Gasteiger partial charge in [-0.25, -0.2) is 4.68 Å². The molecule has 0 N–H and O–H groups in total. The first-order chi connectivity index (χ1) is 10.7. The zero-order valence-electron chi connectivity index (χ0n) is 13.1. The summed E-state index contributed by atoms with van der Waals surface area (Å²) in [6.07, 6.45) is 2.27. The van der Waals surface area contributed by atoms with Crippen LogP contribution in [0, 0.1) is 12.8 Å². The zero-order valence-corrected chi connectivity index (χ0v) is 13.1. The Morgan fingerprint density at radius 1 is 1.09 bits per heavy atom. The standard InChI is InChI=1S/C18H23N3O/c1-15-7-8-18(22)21(19-15)14-17-9-11-20(12-10-17)13-16-5-3-2-4-6-16/h2-8,17H,9-14H2,1H3. The Morgan fingerprint density at radius 3 is 2.55 bits per heavy atom. The van der Waals surface area contributed by atoms with E-state index in [4.69, 9.17) is 0 Å². The Labute approximate surface area is 131 Å². The summed E-state index contributed by atoms with van der Waals surface area (Å²) in [5.74, 6) is 0.555. The van der Waals surface area contributed by atoms with E-state index in [2.05, 4.69) is 40.3 Å². The SMILES string of the molecule is Cc1ccc(=O)n(CC2CCN(Cc3ccccc3)CC2)n1. The molecule has 1 aliphatic rings. The summed E-state index contributed by atoms with van der Waals surface area (Å²) in [4.78, 5) is 14.3. The van der Waals surface area contributed by atoms with Crippen LogP contribution in [0.15, 0.2) is 47.3 Å². The van der Waals surface area contributed by atoms with Crippen LogP contribution < -0.4 is 5.56 Å². The number of piperidine rings is 1. The fourth-order valence-corrected chi connectivity index (χ4v) is 3.10. The molecule has 2 aromatic rings. The van der Waals surface area contributed by atoms with E-state index in [-0.39, 0.29) is 5.56 Å². The van der Waals surface area contributed by atoms with E-state index >= 15 is 0 Å². The van der Waals surface area contributed by atoms with Crippen molar-refractivity contribution in [3.63, 3.8) is 0 Å². The first-order valence-corrected chi connectivity index (χ1v) is 8.02. The monoisotopic (exact) mass is 297 g/mol. The van der Waals surface area contributed by atoms with Crippen LogP contribution in [0.1, 0.15) is 24.1 Å². The van der Waals surface area contributed by atoms with Gasteiger partial charge in [0.05, 0.1) is 5.69 Å². The van der Waals surface area contributed by atoms with Crippen molar-refractivity contribution >= 4 is 0 Å². The molecule has 0 saturated carbocycles. The average Bonchev–Trinajstić information content (AvgIpc) is 2.54. The smallest absolute Gasteiger partial charge is 0.266 e. The van der Waals surface area contributed by atoms with Crippen molar-refractivity contribution in [2.45, 2.75) is 32.9 Å². The second-order valence-electron chi connectivity index (χ2n) is 6.20. The Kier molecular flexibility index (Phi) is 4.68. The summed E-state index contributed by atoms with van der Waals surface area (Å²) in [5.41, 5.74) is 2.29. The third-order valence-corrected chi connectivity index (χ3v) is 4.39. The van der Waals surface area contributed by atoms with Crippen LogP contribution in [-0.2, 0) is 13.1 Å². The van der Waals surface area contributed by atoms with Crippen LogP contribution in [0.3, 0.4) is 0 Å². The molecule has 1 aliphatic heterocycles. The summed E-state index contributed by atoms with van der Waals surface area (Å²) in [6.45, 7) is 5.90. The largest absolute Gasteiger partial charge is 0.299 e. The summed E-state index contributed by atoms with van der Waals surface area (Å²) >= 11 is 0. The summed E-state index contributed by atoms with van der Waals surface area (Å²) in [7, 11) is 0. The number of aromatic nitrogens is 2. The number of hydrogen-bond acceptors (Lipinski definition) is 3. The molecule has 4 nitrogen and oxygen atoms in total. The average molecular weight is 297 g/mol. The first kappa shape index (κ1) is 15.0. The molecule has 0 aliphatic carbocycles. The van der Waals surface area contributed by atoms with Gasteiger partial charge in [0, 0.05) is 19.2 Å². The van der Waals surface area contributed by atoms with Crippen LogP contribution >= 0.6 is 0 Å². The molecule has 0 spiro atoms. The van der Waals surface area contributed by atoms with Crippen LogP contribution in [0.25, 0.3) is 0 Å². The molecular weight excluding hydrogens is 274 g/mol. The first-order valence-electron chi connectivity index (χ1n) is 8.02. The van der Waals surface area contributed by atoms with Crippen LogP contribution in [-0.4, -0.2) is 27.8 Å². The highest BCUT2D eigenvalue weighted by Gasteiger charge is 2.20. The fourth-order valence-electron chi connectivity index (χ4n) is 3.10. The molecular formula is C18H23N3O. The van der Waals surface area contributed by atoms with E-state index in [1.165, 1.54) is 5.56 Å². The number of rotatable bonds is 4. The minimum absolute atomic E-state index is 0.0114. The van der Waals surface area contributed by atoms with E-state index in [1.54, 1.807) is 16.8 Å². The molecule has 22 heavy (non-hydrogen) atoms. The molecule has 2 heterocycles. The number of likely N-dealkylation sites (tertiary alicyclic amines) is 1. The third kappa shape index (κ3) is 3.83. The predicted octanol–water partition coefficient (Wildman–Crippen LogP) is 2.46.